The van der Waals surface area contributed by atoms with Gasteiger partial charge in [-0.3, -0.25) is 4.68 Å². The van der Waals surface area contributed by atoms with Gasteiger partial charge < -0.3 is 23.2 Å². The van der Waals surface area contributed by atoms with Gasteiger partial charge in [-0.25, -0.2) is 0 Å². The lowest BCUT2D eigenvalue weighted by atomic mass is 9.81. The number of hydrogen-bond acceptors (Lipinski definition) is 6. The van der Waals surface area contributed by atoms with Gasteiger partial charge in [-0.15, -0.1) is 5.10 Å². The van der Waals surface area contributed by atoms with Crippen LogP contribution in [0.15, 0.2) is 6.20 Å². The Labute approximate surface area is 177 Å². The lowest BCUT2D eigenvalue weighted by Crippen LogP contribution is -2.41. The minimum absolute atomic E-state index is 0.207. The van der Waals surface area contributed by atoms with Crippen molar-refractivity contribution in [3.8, 4) is 5.88 Å². The first-order valence-electron chi connectivity index (χ1n) is 10.4. The lowest BCUT2D eigenvalue weighted by Gasteiger charge is -2.36. The SMILES string of the molecule is Cn1cc(B2OC(C)(C)C(C)(C)O2)c(OCCOCCO[Si](C)(C)C(C)(C)C)n1. The molecule has 0 atom stereocenters. The molecule has 0 bridgehead atoms. The molecule has 1 aromatic rings. The van der Waals surface area contributed by atoms with E-state index in [9.17, 15) is 0 Å². The summed E-state index contributed by atoms with van der Waals surface area (Å²) in [5, 5.41) is 4.61. The smallest absolute Gasteiger partial charge is 0.474 e. The predicted octanol–water partition coefficient (Wildman–Crippen LogP) is 3.14. The normalized spacial score (nSPS) is 19.0. The molecular formula is C20H39BN2O5Si. The van der Waals surface area contributed by atoms with Crippen LogP contribution < -0.4 is 10.2 Å². The van der Waals surface area contributed by atoms with Crippen LogP contribution in [0.2, 0.25) is 18.1 Å². The van der Waals surface area contributed by atoms with Gasteiger partial charge in [-0.1, -0.05) is 20.8 Å². The van der Waals surface area contributed by atoms with E-state index in [1.54, 1.807) is 4.68 Å². The van der Waals surface area contributed by atoms with Gasteiger partial charge in [0, 0.05) is 13.2 Å². The summed E-state index contributed by atoms with van der Waals surface area (Å²) in [5.74, 6) is 0.520. The maximum absolute atomic E-state index is 6.12. The van der Waals surface area contributed by atoms with Gasteiger partial charge in [0.25, 0.3) is 0 Å². The molecule has 166 valence electrons. The minimum atomic E-state index is -1.72. The third-order valence-corrected chi connectivity index (χ3v) is 10.8. The molecule has 0 aliphatic carbocycles. The monoisotopic (exact) mass is 426 g/mol. The zero-order valence-corrected chi connectivity index (χ0v) is 20.9. The van der Waals surface area contributed by atoms with E-state index >= 15 is 0 Å². The Morgan fingerprint density at radius 1 is 1.03 bits per heavy atom. The van der Waals surface area contributed by atoms with Crippen molar-refractivity contribution >= 4 is 20.9 Å². The number of aryl methyl sites for hydroxylation is 1. The second-order valence-corrected chi connectivity index (χ2v) is 15.0. The molecule has 1 fully saturated rings. The van der Waals surface area contributed by atoms with E-state index in [2.05, 4.69) is 39.0 Å². The Hall–Kier alpha value is -0.868. The quantitative estimate of drug-likeness (QED) is 0.447. The summed E-state index contributed by atoms with van der Waals surface area (Å²) < 4.78 is 31.6. The second kappa shape index (κ2) is 8.71. The number of rotatable bonds is 9. The van der Waals surface area contributed by atoms with Crippen LogP contribution in [-0.4, -0.2) is 62.8 Å². The summed E-state index contributed by atoms with van der Waals surface area (Å²) >= 11 is 0. The predicted molar refractivity (Wildman–Crippen MR) is 118 cm³/mol. The van der Waals surface area contributed by atoms with Gasteiger partial charge in [0.05, 0.1) is 36.5 Å². The highest BCUT2D eigenvalue weighted by atomic mass is 28.4. The number of ether oxygens (including phenoxy) is 2. The third-order valence-electron chi connectivity index (χ3n) is 6.29. The van der Waals surface area contributed by atoms with E-state index in [1.165, 1.54) is 0 Å². The van der Waals surface area contributed by atoms with Crippen LogP contribution in [0.5, 0.6) is 5.88 Å². The number of hydrogen-bond donors (Lipinski definition) is 0. The van der Waals surface area contributed by atoms with Crippen LogP contribution in [0, 0.1) is 0 Å². The molecule has 29 heavy (non-hydrogen) atoms. The summed E-state index contributed by atoms with van der Waals surface area (Å²) in [6.45, 7) is 21.4. The Balaban J connectivity index is 1.79. The number of aromatic nitrogens is 2. The molecule has 1 aromatic heterocycles. The van der Waals surface area contributed by atoms with Crippen molar-refractivity contribution < 1.29 is 23.2 Å². The topological polar surface area (TPSA) is 64.0 Å². The summed E-state index contributed by atoms with van der Waals surface area (Å²) in [5.41, 5.74) is -0.0109. The highest BCUT2D eigenvalue weighted by Gasteiger charge is 2.53. The second-order valence-electron chi connectivity index (χ2n) is 10.2. The number of nitrogens with zero attached hydrogens (tertiary/aromatic N) is 2. The summed E-state index contributed by atoms with van der Waals surface area (Å²) in [4.78, 5) is 0. The fourth-order valence-electron chi connectivity index (χ4n) is 2.60. The Morgan fingerprint density at radius 2 is 1.59 bits per heavy atom. The van der Waals surface area contributed by atoms with Crippen molar-refractivity contribution in [1.82, 2.24) is 9.78 Å². The largest absolute Gasteiger partial charge is 0.502 e. The Kier molecular flexibility index (Phi) is 7.33. The van der Waals surface area contributed by atoms with E-state index < -0.39 is 26.6 Å². The molecule has 0 N–H and O–H groups in total. The molecule has 1 aliphatic rings. The summed E-state index contributed by atoms with van der Waals surface area (Å²) in [7, 11) is -0.362. The van der Waals surface area contributed by atoms with Crippen LogP contribution >= 0.6 is 0 Å². The van der Waals surface area contributed by atoms with Crippen molar-refractivity contribution in [2.45, 2.75) is 77.8 Å². The molecule has 0 unspecified atom stereocenters. The first kappa shape index (κ1) is 24.4. The maximum Gasteiger partial charge on any atom is 0.502 e. The first-order valence-corrected chi connectivity index (χ1v) is 13.3. The van der Waals surface area contributed by atoms with Gasteiger partial charge >= 0.3 is 7.12 Å². The van der Waals surface area contributed by atoms with Crippen LogP contribution in [-0.2, 0) is 25.5 Å². The van der Waals surface area contributed by atoms with Crippen LogP contribution in [0.3, 0.4) is 0 Å². The average molecular weight is 426 g/mol. The molecular weight excluding hydrogens is 387 g/mol. The Bertz CT molecular complexity index is 669. The zero-order valence-electron chi connectivity index (χ0n) is 19.9. The van der Waals surface area contributed by atoms with Gasteiger partial charge in [-0.2, -0.15) is 0 Å². The van der Waals surface area contributed by atoms with Gasteiger partial charge in [0.2, 0.25) is 5.88 Å². The molecule has 9 heteroatoms. The van der Waals surface area contributed by atoms with Gasteiger partial charge in [-0.05, 0) is 45.8 Å². The lowest BCUT2D eigenvalue weighted by molar-refractivity contribution is 0.00578. The van der Waals surface area contributed by atoms with E-state index in [1.807, 2.05) is 40.9 Å². The molecule has 0 radical (unpaired) electrons. The molecule has 0 saturated carbocycles. The fraction of sp³-hybridized carbons (Fsp3) is 0.850. The van der Waals surface area contributed by atoms with Crippen molar-refractivity contribution in [2.75, 3.05) is 26.4 Å². The highest BCUT2D eigenvalue weighted by molar-refractivity contribution is 6.74. The molecule has 2 rings (SSSR count). The average Bonchev–Trinajstić information content (AvgIpc) is 3.01. The van der Waals surface area contributed by atoms with E-state index in [0.717, 1.165) is 5.46 Å². The van der Waals surface area contributed by atoms with Crippen molar-refractivity contribution in [2.24, 2.45) is 7.05 Å². The minimum Gasteiger partial charge on any atom is -0.474 e. The third kappa shape index (κ3) is 5.85. The molecule has 7 nitrogen and oxygen atoms in total. The maximum atomic E-state index is 6.12. The molecule has 2 heterocycles. The fourth-order valence-corrected chi connectivity index (χ4v) is 3.63. The van der Waals surface area contributed by atoms with Crippen LogP contribution in [0.1, 0.15) is 48.5 Å². The standard InChI is InChI=1S/C20H39BN2O5Si/c1-18(2,3)29(9,10)26-14-12-24-11-13-25-17-16(15-23(8)22-17)21-27-19(4,5)20(6,7)28-21/h15H,11-14H2,1-10H3. The molecule has 0 amide bonds. The molecule has 0 spiro atoms. The summed E-state index contributed by atoms with van der Waals surface area (Å²) in [6.07, 6.45) is 1.88. The van der Waals surface area contributed by atoms with Crippen LogP contribution in [0.25, 0.3) is 0 Å². The van der Waals surface area contributed by atoms with E-state index in [4.69, 9.17) is 23.2 Å². The highest BCUT2D eigenvalue weighted by Crippen LogP contribution is 2.37. The molecule has 1 aliphatic heterocycles. The van der Waals surface area contributed by atoms with Crippen LogP contribution in [0.4, 0.5) is 0 Å². The zero-order chi connectivity index (χ0) is 22.1. The first-order chi connectivity index (χ1) is 13.2. The Morgan fingerprint density at radius 3 is 2.14 bits per heavy atom. The molecule has 0 aromatic carbocycles. The van der Waals surface area contributed by atoms with Crippen molar-refractivity contribution in [1.29, 1.82) is 0 Å². The van der Waals surface area contributed by atoms with E-state index in [-0.39, 0.29) is 5.04 Å². The van der Waals surface area contributed by atoms with Crippen molar-refractivity contribution in [3.05, 3.63) is 6.20 Å². The molecule has 1 saturated heterocycles. The summed E-state index contributed by atoms with van der Waals surface area (Å²) in [6, 6.07) is 0. The van der Waals surface area contributed by atoms with Gasteiger partial charge in [0.1, 0.15) is 6.61 Å². The van der Waals surface area contributed by atoms with Crippen molar-refractivity contribution in [3.63, 3.8) is 0 Å². The van der Waals surface area contributed by atoms with E-state index in [0.29, 0.717) is 32.3 Å². The van der Waals surface area contributed by atoms with Gasteiger partial charge in [0.15, 0.2) is 8.32 Å².